The van der Waals surface area contributed by atoms with E-state index in [1.54, 1.807) is 6.07 Å². The molecular weight excluding hydrogens is 273 g/mol. The summed E-state index contributed by atoms with van der Waals surface area (Å²) in [7, 11) is 1.45. The van der Waals surface area contributed by atoms with Crippen LogP contribution in [0.25, 0.3) is 11.3 Å². The van der Waals surface area contributed by atoms with Gasteiger partial charge in [-0.3, -0.25) is 0 Å². The quantitative estimate of drug-likeness (QED) is 0.828. The molecule has 1 aromatic carbocycles. The third-order valence-electron chi connectivity index (χ3n) is 3.00. The molecule has 5 heteroatoms. The molecule has 0 radical (unpaired) electrons. The fourth-order valence-corrected chi connectivity index (χ4v) is 3.26. The SMILES string of the molecule is COc1ccc(-c2nc(Cl)sc2C2CC2)cc1F. The van der Waals surface area contributed by atoms with E-state index in [4.69, 9.17) is 16.3 Å². The molecule has 0 N–H and O–H groups in total. The van der Waals surface area contributed by atoms with Gasteiger partial charge in [-0.2, -0.15) is 0 Å². The summed E-state index contributed by atoms with van der Waals surface area (Å²) in [6, 6.07) is 4.89. The molecule has 0 unspecified atom stereocenters. The molecule has 0 amide bonds. The van der Waals surface area contributed by atoms with Crippen molar-refractivity contribution in [1.29, 1.82) is 0 Å². The predicted molar refractivity (Wildman–Crippen MR) is 71.0 cm³/mol. The maximum absolute atomic E-state index is 13.7. The van der Waals surface area contributed by atoms with Crippen molar-refractivity contribution in [2.24, 2.45) is 0 Å². The van der Waals surface area contributed by atoms with E-state index in [2.05, 4.69) is 4.98 Å². The summed E-state index contributed by atoms with van der Waals surface area (Å²) in [5, 5.41) is 0. The van der Waals surface area contributed by atoms with Crippen LogP contribution >= 0.6 is 22.9 Å². The molecule has 0 atom stereocenters. The van der Waals surface area contributed by atoms with E-state index in [9.17, 15) is 4.39 Å². The van der Waals surface area contributed by atoms with Crippen LogP contribution in [0.4, 0.5) is 4.39 Å². The molecule has 1 heterocycles. The molecule has 0 bridgehead atoms. The average Bonchev–Trinajstić information content (AvgIpc) is 3.12. The first-order valence-electron chi connectivity index (χ1n) is 5.69. The molecule has 0 saturated heterocycles. The van der Waals surface area contributed by atoms with Crippen LogP contribution in [0.5, 0.6) is 5.75 Å². The van der Waals surface area contributed by atoms with E-state index < -0.39 is 0 Å². The molecule has 1 aliphatic carbocycles. The summed E-state index contributed by atoms with van der Waals surface area (Å²) in [5.74, 6) is 0.420. The highest BCUT2D eigenvalue weighted by Crippen LogP contribution is 2.48. The van der Waals surface area contributed by atoms with Gasteiger partial charge in [-0.05, 0) is 37.0 Å². The summed E-state index contributed by atoms with van der Waals surface area (Å²) in [6.45, 7) is 0. The van der Waals surface area contributed by atoms with Crippen LogP contribution in [0, 0.1) is 5.82 Å². The van der Waals surface area contributed by atoms with Crippen molar-refractivity contribution in [3.05, 3.63) is 33.4 Å². The molecule has 0 aliphatic heterocycles. The first kappa shape index (κ1) is 11.9. The van der Waals surface area contributed by atoms with Crippen molar-refractivity contribution in [2.75, 3.05) is 7.11 Å². The van der Waals surface area contributed by atoms with Gasteiger partial charge in [-0.1, -0.05) is 11.6 Å². The number of hydrogen-bond donors (Lipinski definition) is 0. The zero-order valence-electron chi connectivity index (χ0n) is 9.74. The maximum Gasteiger partial charge on any atom is 0.184 e. The highest BCUT2D eigenvalue weighted by molar-refractivity contribution is 7.16. The monoisotopic (exact) mass is 283 g/mol. The van der Waals surface area contributed by atoms with Gasteiger partial charge in [0.25, 0.3) is 0 Å². The Bertz CT molecular complexity index is 595. The number of thiazole rings is 1. The van der Waals surface area contributed by atoms with Gasteiger partial charge >= 0.3 is 0 Å². The second-order valence-electron chi connectivity index (χ2n) is 4.30. The van der Waals surface area contributed by atoms with Crippen LogP contribution in [-0.2, 0) is 0 Å². The summed E-state index contributed by atoms with van der Waals surface area (Å²) < 4.78 is 19.1. The van der Waals surface area contributed by atoms with Gasteiger partial charge in [-0.15, -0.1) is 11.3 Å². The fourth-order valence-electron chi connectivity index (χ4n) is 1.95. The van der Waals surface area contributed by atoms with E-state index in [-0.39, 0.29) is 11.6 Å². The normalized spacial score (nSPS) is 14.8. The number of rotatable bonds is 3. The fraction of sp³-hybridized carbons (Fsp3) is 0.308. The Hall–Kier alpha value is -1.13. The minimum absolute atomic E-state index is 0.244. The molecule has 1 aromatic heterocycles. The van der Waals surface area contributed by atoms with Crippen molar-refractivity contribution in [1.82, 2.24) is 4.98 Å². The molecule has 18 heavy (non-hydrogen) atoms. The van der Waals surface area contributed by atoms with E-state index in [0.717, 1.165) is 11.3 Å². The van der Waals surface area contributed by atoms with E-state index in [1.807, 2.05) is 6.07 Å². The average molecular weight is 284 g/mol. The van der Waals surface area contributed by atoms with Crippen molar-refractivity contribution in [2.45, 2.75) is 18.8 Å². The second-order valence-corrected chi connectivity index (χ2v) is 5.92. The molecule has 0 spiro atoms. The Morgan fingerprint density at radius 1 is 1.44 bits per heavy atom. The molecule has 2 aromatic rings. The molecule has 2 nitrogen and oxygen atoms in total. The van der Waals surface area contributed by atoms with Crippen LogP contribution in [0.2, 0.25) is 4.47 Å². The van der Waals surface area contributed by atoms with Crippen LogP contribution in [-0.4, -0.2) is 12.1 Å². The molecule has 1 fully saturated rings. The first-order valence-corrected chi connectivity index (χ1v) is 6.88. The lowest BCUT2D eigenvalue weighted by atomic mass is 10.1. The number of methoxy groups -OCH3 is 1. The summed E-state index contributed by atoms with van der Waals surface area (Å²) in [5.41, 5.74) is 1.58. The van der Waals surface area contributed by atoms with Gasteiger partial charge in [-0.25, -0.2) is 9.37 Å². The highest BCUT2D eigenvalue weighted by atomic mass is 35.5. The Morgan fingerprint density at radius 2 is 2.22 bits per heavy atom. The zero-order valence-corrected chi connectivity index (χ0v) is 11.3. The van der Waals surface area contributed by atoms with Gasteiger partial charge in [0.05, 0.1) is 12.8 Å². The second kappa shape index (κ2) is 4.52. The van der Waals surface area contributed by atoms with E-state index in [0.29, 0.717) is 10.4 Å². The zero-order chi connectivity index (χ0) is 12.7. The highest BCUT2D eigenvalue weighted by Gasteiger charge is 2.29. The smallest absolute Gasteiger partial charge is 0.184 e. The largest absolute Gasteiger partial charge is 0.494 e. The first-order chi connectivity index (χ1) is 8.69. The van der Waals surface area contributed by atoms with Gasteiger partial charge in [0.1, 0.15) is 0 Å². The minimum Gasteiger partial charge on any atom is -0.494 e. The Balaban J connectivity index is 2.06. The third kappa shape index (κ3) is 2.10. The maximum atomic E-state index is 13.7. The Kier molecular flexibility index (Phi) is 2.99. The van der Waals surface area contributed by atoms with Crippen molar-refractivity contribution >= 4 is 22.9 Å². The van der Waals surface area contributed by atoms with Crippen LogP contribution < -0.4 is 4.74 Å². The lowest BCUT2D eigenvalue weighted by Gasteiger charge is -2.05. The number of halogens is 2. The summed E-state index contributed by atoms with van der Waals surface area (Å²) >= 11 is 7.47. The standard InChI is InChI=1S/C13H11ClFNOS/c1-17-10-5-4-8(6-9(10)15)11-12(7-2-3-7)18-13(14)16-11/h4-7H,2-3H2,1H3. The molecule has 94 valence electrons. The number of aromatic nitrogens is 1. The molecular formula is C13H11ClFNOS. The number of nitrogens with zero attached hydrogens (tertiary/aromatic N) is 1. The van der Waals surface area contributed by atoms with E-state index in [1.165, 1.54) is 42.2 Å². The van der Waals surface area contributed by atoms with Gasteiger partial charge in [0, 0.05) is 10.4 Å². The summed E-state index contributed by atoms with van der Waals surface area (Å²) in [6.07, 6.45) is 2.34. The Labute approximate surface area is 113 Å². The third-order valence-corrected chi connectivity index (χ3v) is 4.32. The van der Waals surface area contributed by atoms with Crippen LogP contribution in [0.1, 0.15) is 23.6 Å². The van der Waals surface area contributed by atoms with Crippen LogP contribution in [0.3, 0.4) is 0 Å². The predicted octanol–water partition coefficient (Wildman–Crippen LogP) is 4.49. The minimum atomic E-state index is -0.374. The van der Waals surface area contributed by atoms with Gasteiger partial charge in [0.2, 0.25) is 0 Å². The van der Waals surface area contributed by atoms with Crippen molar-refractivity contribution in [3.63, 3.8) is 0 Å². The Morgan fingerprint density at radius 3 is 2.83 bits per heavy atom. The number of hydrogen-bond acceptors (Lipinski definition) is 3. The molecule has 1 aliphatic rings. The molecule has 3 rings (SSSR count). The lowest BCUT2D eigenvalue weighted by molar-refractivity contribution is 0.386. The number of ether oxygens (including phenoxy) is 1. The summed E-state index contributed by atoms with van der Waals surface area (Å²) in [4.78, 5) is 5.49. The lowest BCUT2D eigenvalue weighted by Crippen LogP contribution is -1.90. The van der Waals surface area contributed by atoms with E-state index >= 15 is 0 Å². The van der Waals surface area contributed by atoms with Crippen molar-refractivity contribution in [3.8, 4) is 17.0 Å². The number of benzene rings is 1. The molecule has 1 saturated carbocycles. The van der Waals surface area contributed by atoms with Crippen LogP contribution in [0.15, 0.2) is 18.2 Å². The topological polar surface area (TPSA) is 22.1 Å². The van der Waals surface area contributed by atoms with Gasteiger partial charge < -0.3 is 4.74 Å². The van der Waals surface area contributed by atoms with Crippen molar-refractivity contribution < 1.29 is 9.13 Å². The van der Waals surface area contributed by atoms with Gasteiger partial charge in [0.15, 0.2) is 16.0 Å².